The topological polar surface area (TPSA) is 55.8 Å². The first-order valence-corrected chi connectivity index (χ1v) is 6.66. The lowest BCUT2D eigenvalue weighted by atomic mass is 10.1. The number of amides is 1. The van der Waals surface area contributed by atoms with Crippen molar-refractivity contribution in [3.05, 3.63) is 24.3 Å². The highest BCUT2D eigenvalue weighted by Crippen LogP contribution is 2.28. The molecule has 1 unspecified atom stereocenters. The minimum atomic E-state index is -0.387. The molecule has 1 fully saturated rings. The molecule has 1 heterocycles. The third kappa shape index (κ3) is 3.10. The third-order valence-corrected chi connectivity index (χ3v) is 3.16. The van der Waals surface area contributed by atoms with Crippen molar-refractivity contribution in [3.8, 4) is 5.75 Å². The van der Waals surface area contributed by atoms with Crippen LogP contribution in [0.15, 0.2) is 24.3 Å². The molecule has 20 heavy (non-hydrogen) atoms. The van der Waals surface area contributed by atoms with Crippen molar-refractivity contribution < 1.29 is 19.1 Å². The molecule has 1 aliphatic heterocycles. The molecule has 0 N–H and O–H groups in total. The summed E-state index contributed by atoms with van der Waals surface area (Å²) in [5, 5.41) is 0. The summed E-state index contributed by atoms with van der Waals surface area (Å²) in [6.45, 7) is 4.25. The molecule has 1 amide bonds. The van der Waals surface area contributed by atoms with E-state index in [2.05, 4.69) is 0 Å². The number of hydrogen-bond acceptors (Lipinski definition) is 4. The Morgan fingerprint density at radius 2 is 2.15 bits per heavy atom. The minimum Gasteiger partial charge on any atom is -0.491 e. The molecule has 0 bridgehead atoms. The normalized spacial score (nSPS) is 18.5. The lowest BCUT2D eigenvalue weighted by Crippen LogP contribution is -2.26. The number of benzene rings is 1. The number of hydrogen-bond donors (Lipinski definition) is 0. The number of methoxy groups -OCH3 is 1. The van der Waals surface area contributed by atoms with Crippen molar-refractivity contribution in [3.63, 3.8) is 0 Å². The number of esters is 1. The van der Waals surface area contributed by atoms with Gasteiger partial charge in [0.1, 0.15) is 5.75 Å². The Hall–Kier alpha value is -2.04. The fourth-order valence-electron chi connectivity index (χ4n) is 2.28. The van der Waals surface area contributed by atoms with Crippen molar-refractivity contribution >= 4 is 17.6 Å². The first-order valence-electron chi connectivity index (χ1n) is 6.66. The zero-order chi connectivity index (χ0) is 14.7. The second kappa shape index (κ2) is 5.94. The standard InChI is InChI=1S/C15H19NO4/c1-10(2)20-13-6-4-5-12(8-13)16-9-11(7-14(16)17)15(18)19-3/h4-6,8,10-11H,7,9H2,1-3H3. The van der Waals surface area contributed by atoms with Gasteiger partial charge >= 0.3 is 5.97 Å². The molecular formula is C15H19NO4. The van der Waals surface area contributed by atoms with Crippen LogP contribution >= 0.6 is 0 Å². The molecule has 108 valence electrons. The van der Waals surface area contributed by atoms with E-state index in [1.54, 1.807) is 4.90 Å². The summed E-state index contributed by atoms with van der Waals surface area (Å²) in [7, 11) is 1.34. The molecule has 1 aromatic rings. The molecule has 5 heteroatoms. The number of anilines is 1. The first-order chi connectivity index (χ1) is 9.51. The lowest BCUT2D eigenvalue weighted by Gasteiger charge is -2.18. The predicted molar refractivity (Wildman–Crippen MR) is 74.7 cm³/mol. The number of carbonyl (C=O) groups excluding carboxylic acids is 2. The Kier molecular flexibility index (Phi) is 4.27. The Labute approximate surface area is 118 Å². The van der Waals surface area contributed by atoms with Crippen LogP contribution in [0.5, 0.6) is 5.75 Å². The molecule has 1 atom stereocenters. The SMILES string of the molecule is COC(=O)C1CC(=O)N(c2cccc(OC(C)C)c2)C1. The zero-order valence-electron chi connectivity index (χ0n) is 12.0. The van der Waals surface area contributed by atoms with Crippen LogP contribution in [0, 0.1) is 5.92 Å². The predicted octanol–water partition coefficient (Wildman–Crippen LogP) is 2.00. The second-order valence-electron chi connectivity index (χ2n) is 5.09. The van der Waals surface area contributed by atoms with E-state index in [1.807, 2.05) is 38.1 Å². The highest BCUT2D eigenvalue weighted by Gasteiger charge is 2.35. The molecular weight excluding hydrogens is 258 g/mol. The summed E-state index contributed by atoms with van der Waals surface area (Å²) >= 11 is 0. The van der Waals surface area contributed by atoms with Gasteiger partial charge < -0.3 is 14.4 Å². The average molecular weight is 277 g/mol. The summed E-state index contributed by atoms with van der Waals surface area (Å²) in [6.07, 6.45) is 0.268. The number of rotatable bonds is 4. The summed E-state index contributed by atoms with van der Waals surface area (Å²) < 4.78 is 10.3. The van der Waals surface area contributed by atoms with Crippen molar-refractivity contribution in [1.29, 1.82) is 0 Å². The fraction of sp³-hybridized carbons (Fsp3) is 0.467. The lowest BCUT2D eigenvalue weighted by molar-refractivity contribution is -0.145. The van der Waals surface area contributed by atoms with Gasteiger partial charge in [-0.2, -0.15) is 0 Å². The van der Waals surface area contributed by atoms with E-state index in [0.29, 0.717) is 12.3 Å². The molecule has 0 saturated carbocycles. The van der Waals surface area contributed by atoms with Gasteiger partial charge in [-0.15, -0.1) is 0 Å². The van der Waals surface area contributed by atoms with Crippen molar-refractivity contribution in [2.24, 2.45) is 5.92 Å². The molecule has 0 aliphatic carbocycles. The average Bonchev–Trinajstić information content (AvgIpc) is 2.79. The summed E-state index contributed by atoms with van der Waals surface area (Å²) in [4.78, 5) is 25.1. The fourth-order valence-corrected chi connectivity index (χ4v) is 2.28. The quantitative estimate of drug-likeness (QED) is 0.790. The molecule has 1 aliphatic rings. The van der Waals surface area contributed by atoms with Crippen molar-refractivity contribution in [1.82, 2.24) is 0 Å². The van der Waals surface area contributed by atoms with Crippen LogP contribution in [0.25, 0.3) is 0 Å². The Morgan fingerprint density at radius 1 is 1.40 bits per heavy atom. The smallest absolute Gasteiger partial charge is 0.311 e. The van der Waals surface area contributed by atoms with Crippen LogP contribution in [-0.4, -0.2) is 31.6 Å². The Balaban J connectivity index is 2.15. The van der Waals surface area contributed by atoms with Gasteiger partial charge in [-0.25, -0.2) is 0 Å². The van der Waals surface area contributed by atoms with Crippen LogP contribution < -0.4 is 9.64 Å². The van der Waals surface area contributed by atoms with Crippen LogP contribution in [0.3, 0.4) is 0 Å². The molecule has 0 aromatic heterocycles. The van der Waals surface area contributed by atoms with Gasteiger partial charge in [0.15, 0.2) is 0 Å². The van der Waals surface area contributed by atoms with Crippen LogP contribution in [-0.2, 0) is 14.3 Å². The monoisotopic (exact) mass is 277 g/mol. The summed E-state index contributed by atoms with van der Waals surface area (Å²) in [5.74, 6) is -0.0773. The van der Waals surface area contributed by atoms with E-state index in [4.69, 9.17) is 9.47 Å². The van der Waals surface area contributed by atoms with Crippen molar-refractivity contribution in [2.75, 3.05) is 18.6 Å². The molecule has 1 saturated heterocycles. The maximum atomic E-state index is 12.0. The van der Waals surface area contributed by atoms with E-state index >= 15 is 0 Å². The van der Waals surface area contributed by atoms with E-state index in [1.165, 1.54) is 7.11 Å². The first kappa shape index (κ1) is 14.4. The van der Waals surface area contributed by atoms with Gasteiger partial charge in [-0.1, -0.05) is 6.07 Å². The highest BCUT2D eigenvalue weighted by molar-refractivity contribution is 5.99. The van der Waals surface area contributed by atoms with E-state index in [0.717, 1.165) is 5.69 Å². The molecule has 0 radical (unpaired) electrons. The summed E-state index contributed by atoms with van der Waals surface area (Å²) in [5.41, 5.74) is 0.750. The molecule has 2 rings (SSSR count). The van der Waals surface area contributed by atoms with Crippen LogP contribution in [0.4, 0.5) is 5.69 Å². The summed E-state index contributed by atoms with van der Waals surface area (Å²) in [6, 6.07) is 7.34. The maximum Gasteiger partial charge on any atom is 0.311 e. The zero-order valence-corrected chi connectivity index (χ0v) is 12.0. The number of nitrogens with zero attached hydrogens (tertiary/aromatic N) is 1. The Bertz CT molecular complexity index is 512. The van der Waals surface area contributed by atoms with Gasteiger partial charge in [0.25, 0.3) is 0 Å². The maximum absolute atomic E-state index is 12.0. The van der Waals surface area contributed by atoms with Crippen LogP contribution in [0.2, 0.25) is 0 Å². The van der Waals surface area contributed by atoms with E-state index in [-0.39, 0.29) is 30.3 Å². The van der Waals surface area contributed by atoms with E-state index < -0.39 is 0 Å². The molecule has 5 nitrogen and oxygen atoms in total. The van der Waals surface area contributed by atoms with Gasteiger partial charge in [0, 0.05) is 24.7 Å². The van der Waals surface area contributed by atoms with Gasteiger partial charge in [-0.3, -0.25) is 9.59 Å². The Morgan fingerprint density at radius 3 is 2.80 bits per heavy atom. The van der Waals surface area contributed by atoms with Gasteiger partial charge in [-0.05, 0) is 26.0 Å². The minimum absolute atomic E-state index is 0.0675. The van der Waals surface area contributed by atoms with Crippen LogP contribution in [0.1, 0.15) is 20.3 Å². The second-order valence-corrected chi connectivity index (χ2v) is 5.09. The largest absolute Gasteiger partial charge is 0.491 e. The molecule has 1 aromatic carbocycles. The number of carbonyl (C=O) groups is 2. The third-order valence-electron chi connectivity index (χ3n) is 3.16. The van der Waals surface area contributed by atoms with E-state index in [9.17, 15) is 9.59 Å². The molecule has 0 spiro atoms. The van der Waals surface area contributed by atoms with Gasteiger partial charge in [0.2, 0.25) is 5.91 Å². The van der Waals surface area contributed by atoms with Crippen molar-refractivity contribution in [2.45, 2.75) is 26.4 Å². The number of ether oxygens (including phenoxy) is 2. The highest BCUT2D eigenvalue weighted by atomic mass is 16.5. The van der Waals surface area contributed by atoms with Gasteiger partial charge in [0.05, 0.1) is 19.1 Å².